The van der Waals surface area contributed by atoms with Crippen molar-refractivity contribution in [2.24, 2.45) is 0 Å². The summed E-state index contributed by atoms with van der Waals surface area (Å²) in [7, 11) is -2.66. The Morgan fingerprint density at radius 3 is 2.21 bits per heavy atom. The van der Waals surface area contributed by atoms with E-state index < -0.39 is 27.5 Å². The van der Waals surface area contributed by atoms with Gasteiger partial charge in [0.2, 0.25) is 0 Å². The molecule has 1 aliphatic rings. The highest BCUT2D eigenvalue weighted by Crippen LogP contribution is 2.33. The fraction of sp³-hybridized carbons (Fsp3) is 0.282. The molecule has 5 aromatic rings. The highest BCUT2D eigenvalue weighted by Gasteiger charge is 2.29. The van der Waals surface area contributed by atoms with E-state index in [4.69, 9.17) is 27.9 Å². The molecule has 0 atom stereocenters. The van der Waals surface area contributed by atoms with Crippen LogP contribution in [-0.2, 0) is 14.9 Å². The summed E-state index contributed by atoms with van der Waals surface area (Å²) < 4.78 is 35.9. The van der Waals surface area contributed by atoms with Gasteiger partial charge in [-0.05, 0) is 63.2 Å². The van der Waals surface area contributed by atoms with Crippen molar-refractivity contribution < 1.29 is 27.5 Å². The highest BCUT2D eigenvalue weighted by atomic mass is 35.5. The van der Waals surface area contributed by atoms with Crippen molar-refractivity contribution in [3.8, 4) is 17.2 Å². The number of hydrogen-bond donors (Lipinski definition) is 1. The average molecular weight is 818 g/mol. The zero-order valence-electron chi connectivity index (χ0n) is 31.2. The molecular weight excluding hydrogens is 779 g/mol. The number of amides is 1. The molecule has 56 heavy (non-hydrogen) atoms. The largest absolute Gasteiger partial charge is 0.444 e. The van der Waals surface area contributed by atoms with Gasteiger partial charge in [-0.1, -0.05) is 42.3 Å². The van der Waals surface area contributed by atoms with E-state index in [1.165, 1.54) is 48.1 Å². The normalized spacial score (nSPS) is 13.5. The molecule has 1 N–H and O–H groups in total. The number of hydrogen-bond acceptors (Lipinski definition) is 10. The molecule has 1 aliphatic heterocycles. The molecule has 290 valence electrons. The Kier molecular flexibility index (Phi) is 11.4. The van der Waals surface area contributed by atoms with Crippen LogP contribution in [0.15, 0.2) is 73.2 Å². The zero-order chi connectivity index (χ0) is 40.5. The zero-order valence-corrected chi connectivity index (χ0v) is 33.5. The number of rotatable bonds is 9. The van der Waals surface area contributed by atoms with Crippen LogP contribution in [-0.4, -0.2) is 95.3 Å². The van der Waals surface area contributed by atoms with Crippen LogP contribution in [0.25, 0.3) is 22.2 Å². The predicted molar refractivity (Wildman–Crippen MR) is 215 cm³/mol. The quantitative estimate of drug-likeness (QED) is 0.155. The number of ketones is 1. The molecule has 1 fully saturated rings. The minimum Gasteiger partial charge on any atom is -0.444 e. The molecule has 0 unspecified atom stereocenters. The summed E-state index contributed by atoms with van der Waals surface area (Å²) in [5.41, 5.74) is 0.391. The lowest BCUT2D eigenvalue weighted by atomic mass is 9.97. The molecule has 3 aromatic heterocycles. The number of aromatic nitrogens is 3. The molecule has 0 aliphatic carbocycles. The van der Waals surface area contributed by atoms with Crippen LogP contribution in [0.2, 0.25) is 10.0 Å². The lowest BCUT2D eigenvalue weighted by Gasteiger charge is -2.36. The van der Waals surface area contributed by atoms with Gasteiger partial charge in [0.25, 0.3) is 5.91 Å². The second kappa shape index (κ2) is 15.9. The molecule has 6 rings (SSSR count). The first-order valence-electron chi connectivity index (χ1n) is 17.5. The van der Waals surface area contributed by atoms with E-state index in [9.17, 15) is 28.1 Å². The van der Waals surface area contributed by atoms with Crippen molar-refractivity contribution >= 4 is 73.7 Å². The van der Waals surface area contributed by atoms with Crippen LogP contribution >= 0.6 is 23.2 Å². The third kappa shape index (κ3) is 8.19. The first-order chi connectivity index (χ1) is 26.5. The van der Waals surface area contributed by atoms with Crippen molar-refractivity contribution in [3.63, 3.8) is 0 Å². The minimum absolute atomic E-state index is 0.00140. The summed E-state index contributed by atoms with van der Waals surface area (Å²) >= 11 is 12.8. The SMILES string of the molecule is CCN(C)S(=O)(=O)Nc1cccc(C(=O)c2cn(C(=O)c3c(Cl)cccc3Cl)c3ncc(-c4ccc(N5CCN(C(=O)OC(C)(C)C)CC5)nc4)cc23)c1C#N. The number of carbonyl (C=O) groups excluding carboxylic acids is 3. The maximum atomic E-state index is 14.5. The topological polar surface area (TPSA) is 171 Å². The number of ether oxygens (including phenoxy) is 1. The lowest BCUT2D eigenvalue weighted by molar-refractivity contribution is 0.0240. The standard InChI is InChI=1S/C39H38Cl2N8O6S/c1-6-46(5)56(53,54)45-32-12-7-9-26(28(32)20-42)35(50)29-23-49(37(51)34-30(40)10-8-11-31(34)41)36-27(29)19-25(22-44-36)24-13-14-33(43-21-24)47-15-17-48(18-16-47)38(52)55-39(2,3)4/h7-14,19,21-23,45H,6,15-18H2,1-5H3. The van der Waals surface area contributed by atoms with Gasteiger partial charge in [-0.2, -0.15) is 18.0 Å². The summed E-state index contributed by atoms with van der Waals surface area (Å²) in [6, 6.07) is 16.3. The van der Waals surface area contributed by atoms with Crippen molar-refractivity contribution in [1.29, 1.82) is 5.26 Å². The summed E-state index contributed by atoms with van der Waals surface area (Å²) in [6.07, 6.45) is 4.17. The van der Waals surface area contributed by atoms with Crippen molar-refractivity contribution in [3.05, 3.63) is 105 Å². The van der Waals surface area contributed by atoms with Crippen molar-refractivity contribution in [1.82, 2.24) is 23.7 Å². The molecule has 0 bridgehead atoms. The number of nitrogens with zero attached hydrogens (tertiary/aromatic N) is 7. The van der Waals surface area contributed by atoms with E-state index in [2.05, 4.69) is 19.6 Å². The predicted octanol–water partition coefficient (Wildman–Crippen LogP) is 6.86. The number of fused-ring (bicyclic) bond motifs is 1. The van der Waals surface area contributed by atoms with E-state index in [0.29, 0.717) is 43.1 Å². The molecule has 0 radical (unpaired) electrons. The molecule has 1 amide bonds. The summed E-state index contributed by atoms with van der Waals surface area (Å²) in [5, 5.41) is 10.7. The Morgan fingerprint density at radius 2 is 1.61 bits per heavy atom. The number of piperazine rings is 1. The Morgan fingerprint density at radius 1 is 0.946 bits per heavy atom. The number of anilines is 2. The Hall–Kier alpha value is -5.53. The van der Waals surface area contributed by atoms with Crippen LogP contribution in [0.5, 0.6) is 0 Å². The fourth-order valence-electron chi connectivity index (χ4n) is 6.09. The van der Waals surface area contributed by atoms with Crippen LogP contribution in [0.4, 0.5) is 16.3 Å². The number of halogens is 2. The average Bonchev–Trinajstić information content (AvgIpc) is 3.55. The monoisotopic (exact) mass is 816 g/mol. The Labute approximate surface area is 334 Å². The van der Waals surface area contributed by atoms with Gasteiger partial charge in [0.1, 0.15) is 23.1 Å². The Balaban J connectivity index is 1.38. The van der Waals surface area contributed by atoms with Gasteiger partial charge in [0, 0.05) is 80.4 Å². The number of benzene rings is 2. The molecule has 0 saturated carbocycles. The van der Waals surface area contributed by atoms with Gasteiger partial charge in [0.15, 0.2) is 5.78 Å². The van der Waals surface area contributed by atoms with Crippen LogP contribution < -0.4 is 9.62 Å². The van der Waals surface area contributed by atoms with E-state index in [-0.39, 0.29) is 61.7 Å². The minimum atomic E-state index is -4.03. The van der Waals surface area contributed by atoms with Crippen LogP contribution in [0.1, 0.15) is 59.5 Å². The first-order valence-corrected chi connectivity index (χ1v) is 19.7. The van der Waals surface area contributed by atoms with Gasteiger partial charge in [0.05, 0.1) is 32.4 Å². The van der Waals surface area contributed by atoms with Gasteiger partial charge >= 0.3 is 16.3 Å². The first kappa shape index (κ1) is 40.1. The molecular formula is C39H38Cl2N8O6S. The fourth-order valence-corrected chi connectivity index (χ4v) is 7.59. The Bertz CT molecular complexity index is 2480. The number of pyridine rings is 2. The molecule has 17 heteroatoms. The van der Waals surface area contributed by atoms with Gasteiger partial charge in [-0.15, -0.1) is 0 Å². The third-order valence-electron chi connectivity index (χ3n) is 9.14. The molecule has 0 spiro atoms. The number of carbonyl (C=O) groups is 3. The third-order valence-corrected chi connectivity index (χ3v) is 11.3. The maximum absolute atomic E-state index is 14.5. The van der Waals surface area contributed by atoms with E-state index >= 15 is 0 Å². The van der Waals surface area contributed by atoms with Gasteiger partial charge in [-0.25, -0.2) is 14.8 Å². The lowest BCUT2D eigenvalue weighted by Crippen LogP contribution is -2.50. The van der Waals surface area contributed by atoms with E-state index in [1.54, 1.807) is 36.4 Å². The van der Waals surface area contributed by atoms with E-state index in [0.717, 1.165) is 4.31 Å². The second-order valence-corrected chi connectivity index (χ2v) is 16.6. The molecule has 14 nitrogen and oxygen atoms in total. The van der Waals surface area contributed by atoms with Crippen molar-refractivity contribution in [2.75, 3.05) is 49.4 Å². The smallest absolute Gasteiger partial charge is 0.410 e. The number of nitriles is 1. The maximum Gasteiger partial charge on any atom is 0.410 e. The summed E-state index contributed by atoms with van der Waals surface area (Å²) in [4.78, 5) is 54.1. The summed E-state index contributed by atoms with van der Waals surface area (Å²) in [6.45, 7) is 9.38. The molecule has 4 heterocycles. The number of nitrogens with one attached hydrogen (secondary N) is 1. The summed E-state index contributed by atoms with van der Waals surface area (Å²) in [5.74, 6) is -0.598. The van der Waals surface area contributed by atoms with Crippen LogP contribution in [0, 0.1) is 11.3 Å². The second-order valence-electron chi connectivity index (χ2n) is 14.0. The molecule has 1 saturated heterocycles. The highest BCUT2D eigenvalue weighted by molar-refractivity contribution is 7.90. The van der Waals surface area contributed by atoms with Crippen LogP contribution in [0.3, 0.4) is 0 Å². The van der Waals surface area contributed by atoms with Gasteiger partial charge < -0.3 is 14.5 Å². The van der Waals surface area contributed by atoms with Gasteiger partial charge in [-0.3, -0.25) is 18.9 Å². The van der Waals surface area contributed by atoms with E-state index in [1.807, 2.05) is 39.0 Å². The van der Waals surface area contributed by atoms with Crippen molar-refractivity contribution in [2.45, 2.75) is 33.3 Å². The molecule has 2 aromatic carbocycles.